The van der Waals surface area contributed by atoms with Crippen molar-refractivity contribution in [3.8, 4) is 16.3 Å². The van der Waals surface area contributed by atoms with E-state index in [0.29, 0.717) is 60.2 Å². The number of fused-ring (bicyclic) bond motifs is 5. The molecule has 0 unspecified atom stereocenters. The Labute approximate surface area is 346 Å². The molecule has 16 heteroatoms. The summed E-state index contributed by atoms with van der Waals surface area (Å²) in [5.41, 5.74) is 1.92. The van der Waals surface area contributed by atoms with E-state index in [9.17, 15) is 27.6 Å². The highest BCUT2D eigenvalue weighted by Gasteiger charge is 2.62. The molecule has 59 heavy (non-hydrogen) atoms. The molecule has 14 nitrogen and oxygen atoms in total. The van der Waals surface area contributed by atoms with E-state index < -0.39 is 68.7 Å². The third-order valence-electron chi connectivity index (χ3n) is 12.4. The molecule has 3 aromatic heterocycles. The number of thiophene rings is 1. The largest absolute Gasteiger partial charge is 0.484 e. The fourth-order valence-electron chi connectivity index (χ4n) is 8.85. The number of nitrogens with zero attached hydrogens (tertiary/aromatic N) is 2. The second-order valence-electron chi connectivity index (χ2n) is 16.7. The van der Waals surface area contributed by atoms with Gasteiger partial charge in [-0.05, 0) is 100 Å². The molecule has 0 spiro atoms. The lowest BCUT2D eigenvalue weighted by Crippen LogP contribution is -2.58. The lowest BCUT2D eigenvalue weighted by atomic mass is 10.0. The van der Waals surface area contributed by atoms with Gasteiger partial charge < -0.3 is 29.4 Å². The van der Waals surface area contributed by atoms with E-state index in [1.807, 2.05) is 60.9 Å². The first-order chi connectivity index (χ1) is 28.5. The summed E-state index contributed by atoms with van der Waals surface area (Å²) < 4.78 is 46.9. The minimum absolute atomic E-state index is 0.0111. The van der Waals surface area contributed by atoms with E-state index in [-0.39, 0.29) is 25.5 Å². The number of ether oxygens (including phenoxy) is 2. The Morgan fingerprint density at radius 2 is 1.81 bits per heavy atom. The number of nitrogens with one attached hydrogen (secondary N) is 3. The van der Waals surface area contributed by atoms with Crippen molar-refractivity contribution in [3.05, 3.63) is 59.5 Å². The molecule has 5 heterocycles. The Bertz CT molecular complexity index is 2430. The predicted molar refractivity (Wildman–Crippen MR) is 221 cm³/mol. The molecule has 1 aromatic carbocycles. The number of furan rings is 1. The number of carbonyl (C=O) groups excluding carboxylic acids is 4. The van der Waals surface area contributed by atoms with E-state index in [1.54, 1.807) is 11.3 Å². The summed E-state index contributed by atoms with van der Waals surface area (Å²) in [6, 6.07) is 9.34. The van der Waals surface area contributed by atoms with Crippen LogP contribution in [0.4, 0.5) is 4.79 Å². The average Bonchev–Trinajstić information content (AvgIpc) is 3.90. The van der Waals surface area contributed by atoms with Gasteiger partial charge in [0, 0.05) is 23.8 Å². The lowest BCUT2D eigenvalue weighted by molar-refractivity contribution is -0.141. The van der Waals surface area contributed by atoms with Crippen LogP contribution in [0, 0.1) is 12.8 Å². The molecular weight excluding hydrogens is 795 g/mol. The van der Waals surface area contributed by atoms with Crippen LogP contribution in [0.2, 0.25) is 0 Å². The van der Waals surface area contributed by atoms with E-state index in [0.717, 1.165) is 54.4 Å². The van der Waals surface area contributed by atoms with Crippen molar-refractivity contribution >= 4 is 67.2 Å². The van der Waals surface area contributed by atoms with Gasteiger partial charge in [-0.2, -0.15) is 0 Å². The standard InChI is InChI=1S/C43H49N5O9S2/c1-25-19-20-58-38(25)32-22-35(37-36(44-32)30-14-9-10-16-34(30)57-37)55-28-21-33-39(49)46-43(41(51)47-59(53,54)29-17-18-29)23-26(43)11-5-3-2-4-6-15-31(40(50)48(33)24-28)45-42(52)56-27-12-7-8-13-27/h5,9-11,14,16,19-20,22,26-29,31,33H,2-4,6-8,12-13,15,17-18,21,23-24H2,1H3,(H,45,52)(H,46,49)(H,47,51)/b11-5-/t26-,28+,31-,33-,43+/m0/s1. The number of alkyl carbamates (subject to hydrolysis) is 1. The number of sulfonamides is 1. The van der Waals surface area contributed by atoms with Gasteiger partial charge in [0.2, 0.25) is 21.8 Å². The summed E-state index contributed by atoms with van der Waals surface area (Å²) in [5.74, 6) is -1.89. The van der Waals surface area contributed by atoms with Gasteiger partial charge in [0.25, 0.3) is 5.91 Å². The summed E-state index contributed by atoms with van der Waals surface area (Å²) in [4.78, 5) is 63.9. The molecule has 0 bridgehead atoms. The van der Waals surface area contributed by atoms with Crippen LogP contribution in [0.5, 0.6) is 5.75 Å². The van der Waals surface area contributed by atoms with E-state index >= 15 is 0 Å². The molecule has 1 saturated heterocycles. The van der Waals surface area contributed by atoms with Crippen LogP contribution in [0.1, 0.15) is 89.0 Å². The maximum atomic E-state index is 14.8. The normalized spacial score (nSPS) is 27.3. The second-order valence-corrected chi connectivity index (χ2v) is 19.6. The summed E-state index contributed by atoms with van der Waals surface area (Å²) in [6.07, 6.45) is 10.2. The molecule has 3 aliphatic carbocycles. The molecule has 312 valence electrons. The van der Waals surface area contributed by atoms with Crippen LogP contribution in [0.3, 0.4) is 0 Å². The first kappa shape index (κ1) is 39.5. The quantitative estimate of drug-likeness (QED) is 0.168. The predicted octanol–water partition coefficient (Wildman–Crippen LogP) is 6.41. The molecule has 9 rings (SSSR count). The molecule has 4 amide bonds. The average molecular weight is 844 g/mol. The van der Waals surface area contributed by atoms with Gasteiger partial charge in [0.15, 0.2) is 11.3 Å². The SMILES string of the molecule is Cc1ccsc1-c1cc(O[C@@H]2C[C@H]3C(=O)N[C@]4(C(=O)NS(=O)(=O)C5CC5)C[C@@H]4/C=C\CCCCC[C@H](NC(=O)OC4CCCC4)C(=O)N3C2)c2oc3ccccc3c2n1. The Morgan fingerprint density at radius 3 is 2.59 bits per heavy atom. The van der Waals surface area contributed by atoms with E-state index in [4.69, 9.17) is 18.9 Å². The molecule has 3 N–H and O–H groups in total. The number of benzene rings is 1. The van der Waals surface area contributed by atoms with Crippen molar-refractivity contribution < 1.29 is 41.5 Å². The Kier molecular flexibility index (Phi) is 10.6. The number of allylic oxidation sites excluding steroid dienone is 1. The number of aryl methyl sites for hydroxylation is 1. The number of rotatable bonds is 8. The fraction of sp³-hybridized carbons (Fsp3) is 0.512. The summed E-state index contributed by atoms with van der Waals surface area (Å²) >= 11 is 1.56. The maximum Gasteiger partial charge on any atom is 0.408 e. The van der Waals surface area contributed by atoms with Gasteiger partial charge in [-0.25, -0.2) is 18.2 Å². The number of para-hydroxylation sites is 1. The molecule has 4 aromatic rings. The van der Waals surface area contributed by atoms with Crippen LogP contribution in [-0.4, -0.2) is 83.7 Å². The number of aromatic nitrogens is 1. The van der Waals surface area contributed by atoms with Gasteiger partial charge >= 0.3 is 6.09 Å². The Hall–Kier alpha value is -4.96. The van der Waals surface area contributed by atoms with E-state index in [2.05, 4.69) is 15.4 Å². The zero-order valence-corrected chi connectivity index (χ0v) is 34.6. The number of pyridine rings is 1. The van der Waals surface area contributed by atoms with Gasteiger partial charge in [0.1, 0.15) is 40.9 Å². The van der Waals surface area contributed by atoms with Gasteiger partial charge in [0.05, 0.1) is 22.4 Å². The van der Waals surface area contributed by atoms with Crippen molar-refractivity contribution in [2.75, 3.05) is 6.54 Å². The van der Waals surface area contributed by atoms with Crippen molar-refractivity contribution in [2.24, 2.45) is 5.92 Å². The number of carbonyl (C=O) groups is 4. The van der Waals surface area contributed by atoms with E-state index in [1.165, 1.54) is 4.90 Å². The molecule has 4 fully saturated rings. The number of amides is 4. The van der Waals surface area contributed by atoms with Crippen LogP contribution < -0.4 is 20.1 Å². The smallest absolute Gasteiger partial charge is 0.408 e. The summed E-state index contributed by atoms with van der Waals surface area (Å²) in [5, 5.41) is 7.95. The van der Waals surface area contributed by atoms with Gasteiger partial charge in [-0.1, -0.05) is 37.1 Å². The zero-order valence-electron chi connectivity index (χ0n) is 32.9. The molecule has 3 saturated carbocycles. The highest BCUT2D eigenvalue weighted by molar-refractivity contribution is 7.91. The topological polar surface area (TPSA) is 186 Å². The number of hydrogen-bond acceptors (Lipinski definition) is 11. The highest BCUT2D eigenvalue weighted by Crippen LogP contribution is 2.46. The minimum Gasteiger partial charge on any atom is -0.484 e. The summed E-state index contributed by atoms with van der Waals surface area (Å²) in [6.45, 7) is 2.00. The fourth-order valence-corrected chi connectivity index (χ4v) is 11.1. The van der Waals surface area contributed by atoms with Gasteiger partial charge in [-0.15, -0.1) is 11.3 Å². The highest BCUT2D eigenvalue weighted by atomic mass is 32.2. The second kappa shape index (κ2) is 15.9. The monoisotopic (exact) mass is 843 g/mol. The third-order valence-corrected chi connectivity index (χ3v) is 15.3. The number of hydrogen-bond donors (Lipinski definition) is 3. The van der Waals surface area contributed by atoms with Crippen molar-refractivity contribution in [1.82, 2.24) is 25.2 Å². The van der Waals surface area contributed by atoms with Crippen LogP contribution in [-0.2, 0) is 29.1 Å². The lowest BCUT2D eigenvalue weighted by Gasteiger charge is -2.30. The molecule has 5 atom stereocenters. The minimum atomic E-state index is -3.90. The zero-order chi connectivity index (χ0) is 40.9. The Morgan fingerprint density at radius 1 is 1.02 bits per heavy atom. The molecule has 0 radical (unpaired) electrons. The molecular formula is C43H49N5O9S2. The summed E-state index contributed by atoms with van der Waals surface area (Å²) in [7, 11) is -3.90. The first-order valence-electron chi connectivity index (χ1n) is 20.8. The Balaban J connectivity index is 1.05. The van der Waals surface area contributed by atoms with Crippen LogP contribution >= 0.6 is 11.3 Å². The van der Waals surface area contributed by atoms with Crippen LogP contribution in [0.15, 0.2) is 58.3 Å². The van der Waals surface area contributed by atoms with Crippen LogP contribution in [0.25, 0.3) is 32.6 Å². The van der Waals surface area contributed by atoms with Crippen molar-refractivity contribution in [3.63, 3.8) is 0 Å². The van der Waals surface area contributed by atoms with Crippen molar-refractivity contribution in [2.45, 2.75) is 125 Å². The molecule has 2 aliphatic heterocycles. The third kappa shape index (κ3) is 8.05. The first-order valence-corrected chi connectivity index (χ1v) is 23.3. The van der Waals surface area contributed by atoms with Gasteiger partial charge in [-0.3, -0.25) is 19.1 Å². The maximum absolute atomic E-state index is 14.8. The molecule has 5 aliphatic rings. The van der Waals surface area contributed by atoms with Crippen molar-refractivity contribution in [1.29, 1.82) is 0 Å².